The zero-order valence-corrected chi connectivity index (χ0v) is 9.37. The fourth-order valence-electron chi connectivity index (χ4n) is 1.83. The number of hydrogen-bond donors (Lipinski definition) is 0. The zero-order chi connectivity index (χ0) is 10.4. The van der Waals surface area contributed by atoms with E-state index in [0.717, 1.165) is 0 Å². The minimum Gasteiger partial charge on any atom is -0.0651 e. The standard InChI is InChI=1S/C14H21/c1-4-12(3)11-13(5-2)14-9-7-6-8-10-14/h6-10,12-13H,3-5,11H2,1-2H3. The van der Waals surface area contributed by atoms with Crippen molar-refractivity contribution in [1.82, 2.24) is 0 Å². The molecule has 0 fully saturated rings. The van der Waals surface area contributed by atoms with Gasteiger partial charge < -0.3 is 0 Å². The monoisotopic (exact) mass is 189 g/mol. The predicted molar refractivity (Wildman–Crippen MR) is 63.2 cm³/mol. The van der Waals surface area contributed by atoms with Crippen LogP contribution in [0.25, 0.3) is 0 Å². The third-order valence-corrected chi connectivity index (χ3v) is 2.96. The molecule has 1 aromatic carbocycles. The van der Waals surface area contributed by atoms with Crippen LogP contribution in [0.2, 0.25) is 0 Å². The molecule has 0 aliphatic rings. The van der Waals surface area contributed by atoms with Crippen LogP contribution in [-0.4, -0.2) is 0 Å². The molecule has 0 aliphatic heterocycles. The highest BCUT2D eigenvalue weighted by atomic mass is 14.2. The number of benzene rings is 1. The van der Waals surface area contributed by atoms with E-state index in [9.17, 15) is 0 Å². The maximum atomic E-state index is 4.17. The van der Waals surface area contributed by atoms with Crippen molar-refractivity contribution >= 4 is 0 Å². The maximum Gasteiger partial charge on any atom is -0.0162 e. The summed E-state index contributed by atoms with van der Waals surface area (Å²) in [6, 6.07) is 10.8. The Bertz CT molecular complexity index is 237. The van der Waals surface area contributed by atoms with Gasteiger partial charge in [0.25, 0.3) is 0 Å². The second-order valence-corrected chi connectivity index (χ2v) is 4.03. The molecular weight excluding hydrogens is 168 g/mol. The predicted octanol–water partition coefficient (Wildman–Crippen LogP) is 4.43. The topological polar surface area (TPSA) is 0 Å². The summed E-state index contributed by atoms with van der Waals surface area (Å²) in [6.07, 6.45) is 3.62. The van der Waals surface area contributed by atoms with Crippen LogP contribution >= 0.6 is 0 Å². The van der Waals surface area contributed by atoms with Crippen LogP contribution in [-0.2, 0) is 0 Å². The van der Waals surface area contributed by atoms with Crippen molar-refractivity contribution in [2.45, 2.75) is 39.0 Å². The van der Waals surface area contributed by atoms with E-state index in [1.165, 1.54) is 24.8 Å². The highest BCUT2D eigenvalue weighted by molar-refractivity contribution is 5.19. The van der Waals surface area contributed by atoms with E-state index in [-0.39, 0.29) is 0 Å². The van der Waals surface area contributed by atoms with Gasteiger partial charge in [-0.05, 0) is 30.2 Å². The first kappa shape index (κ1) is 11.3. The van der Waals surface area contributed by atoms with Crippen molar-refractivity contribution < 1.29 is 0 Å². The van der Waals surface area contributed by atoms with E-state index in [1.54, 1.807) is 0 Å². The molecule has 0 aromatic heterocycles. The van der Waals surface area contributed by atoms with Gasteiger partial charge in [-0.3, -0.25) is 0 Å². The highest BCUT2D eigenvalue weighted by Gasteiger charge is 2.11. The Morgan fingerprint density at radius 2 is 1.71 bits per heavy atom. The first-order valence-electron chi connectivity index (χ1n) is 5.65. The fraction of sp³-hybridized carbons (Fsp3) is 0.500. The first-order valence-corrected chi connectivity index (χ1v) is 5.65. The van der Waals surface area contributed by atoms with Gasteiger partial charge in [0.1, 0.15) is 0 Å². The molecule has 0 heteroatoms. The fourth-order valence-corrected chi connectivity index (χ4v) is 1.83. The summed E-state index contributed by atoms with van der Waals surface area (Å²) in [4.78, 5) is 0. The molecule has 77 valence electrons. The van der Waals surface area contributed by atoms with Crippen LogP contribution in [0.3, 0.4) is 0 Å². The third kappa shape index (κ3) is 3.17. The van der Waals surface area contributed by atoms with Gasteiger partial charge in [0.05, 0.1) is 0 Å². The number of hydrogen-bond acceptors (Lipinski definition) is 0. The molecule has 0 aliphatic carbocycles. The lowest BCUT2D eigenvalue weighted by Gasteiger charge is -2.18. The molecule has 0 saturated carbocycles. The second kappa shape index (κ2) is 5.85. The molecule has 0 saturated heterocycles. The maximum absolute atomic E-state index is 4.17. The van der Waals surface area contributed by atoms with Crippen LogP contribution in [0, 0.1) is 12.8 Å². The van der Waals surface area contributed by atoms with Crippen LogP contribution < -0.4 is 0 Å². The molecule has 0 nitrogen and oxygen atoms in total. The summed E-state index contributed by atoms with van der Waals surface area (Å²) < 4.78 is 0. The van der Waals surface area contributed by atoms with E-state index >= 15 is 0 Å². The van der Waals surface area contributed by atoms with Gasteiger partial charge in [0, 0.05) is 0 Å². The molecule has 0 amide bonds. The van der Waals surface area contributed by atoms with Crippen molar-refractivity contribution in [3.8, 4) is 0 Å². The quantitative estimate of drug-likeness (QED) is 0.642. The average molecular weight is 189 g/mol. The first-order chi connectivity index (χ1) is 6.77. The molecule has 1 aromatic rings. The van der Waals surface area contributed by atoms with Crippen LogP contribution in [0.15, 0.2) is 30.3 Å². The molecule has 1 radical (unpaired) electrons. The van der Waals surface area contributed by atoms with Crippen molar-refractivity contribution in [2.75, 3.05) is 0 Å². The largest absolute Gasteiger partial charge is 0.0651 e. The molecular formula is C14H21. The van der Waals surface area contributed by atoms with Gasteiger partial charge in [0.2, 0.25) is 0 Å². The molecule has 1 rings (SSSR count). The van der Waals surface area contributed by atoms with Gasteiger partial charge in [-0.25, -0.2) is 0 Å². The van der Waals surface area contributed by atoms with Gasteiger partial charge in [-0.2, -0.15) is 0 Å². The highest BCUT2D eigenvalue weighted by Crippen LogP contribution is 2.27. The minimum atomic E-state index is 0.597. The molecule has 0 spiro atoms. The summed E-state index contributed by atoms with van der Waals surface area (Å²) >= 11 is 0. The van der Waals surface area contributed by atoms with Crippen molar-refractivity contribution in [2.24, 2.45) is 5.92 Å². The second-order valence-electron chi connectivity index (χ2n) is 4.03. The van der Waals surface area contributed by atoms with E-state index in [0.29, 0.717) is 11.8 Å². The Hall–Kier alpha value is -0.780. The Morgan fingerprint density at radius 3 is 2.21 bits per heavy atom. The van der Waals surface area contributed by atoms with E-state index in [2.05, 4.69) is 51.1 Å². The van der Waals surface area contributed by atoms with Gasteiger partial charge in [-0.1, -0.05) is 57.5 Å². The lowest BCUT2D eigenvalue weighted by atomic mass is 9.87. The molecule has 2 atom stereocenters. The Balaban J connectivity index is 2.63. The van der Waals surface area contributed by atoms with Crippen LogP contribution in [0.4, 0.5) is 0 Å². The van der Waals surface area contributed by atoms with Crippen LogP contribution in [0.1, 0.15) is 44.6 Å². The zero-order valence-electron chi connectivity index (χ0n) is 9.37. The van der Waals surface area contributed by atoms with Gasteiger partial charge in [-0.15, -0.1) is 0 Å². The Labute approximate surface area is 88.4 Å². The van der Waals surface area contributed by atoms with E-state index in [1.807, 2.05) is 0 Å². The van der Waals surface area contributed by atoms with Crippen molar-refractivity contribution in [1.29, 1.82) is 0 Å². The molecule has 0 heterocycles. The minimum absolute atomic E-state index is 0.597. The molecule has 14 heavy (non-hydrogen) atoms. The SMILES string of the molecule is [CH2]C(CC)CC(CC)c1ccccc1. The van der Waals surface area contributed by atoms with E-state index < -0.39 is 0 Å². The van der Waals surface area contributed by atoms with Crippen LogP contribution in [0.5, 0.6) is 0 Å². The lowest BCUT2D eigenvalue weighted by Crippen LogP contribution is -2.03. The Morgan fingerprint density at radius 1 is 1.07 bits per heavy atom. The summed E-state index contributed by atoms with van der Waals surface area (Å²) in [7, 11) is 0. The summed E-state index contributed by atoms with van der Waals surface area (Å²) in [5.74, 6) is 1.29. The summed E-state index contributed by atoms with van der Waals surface area (Å²) in [5.41, 5.74) is 1.47. The van der Waals surface area contributed by atoms with Crippen molar-refractivity contribution in [3.05, 3.63) is 42.8 Å². The third-order valence-electron chi connectivity index (χ3n) is 2.96. The number of rotatable bonds is 5. The lowest BCUT2D eigenvalue weighted by molar-refractivity contribution is 0.482. The molecule has 2 unspecified atom stereocenters. The van der Waals surface area contributed by atoms with Gasteiger partial charge in [0.15, 0.2) is 0 Å². The normalized spacial score (nSPS) is 15.1. The smallest absolute Gasteiger partial charge is 0.0162 e. The molecule has 0 N–H and O–H groups in total. The summed E-state index contributed by atoms with van der Waals surface area (Å²) in [6.45, 7) is 8.65. The van der Waals surface area contributed by atoms with Crippen molar-refractivity contribution in [3.63, 3.8) is 0 Å². The molecule has 0 bridgehead atoms. The Kier molecular flexibility index (Phi) is 4.72. The van der Waals surface area contributed by atoms with Gasteiger partial charge >= 0.3 is 0 Å². The van der Waals surface area contributed by atoms with E-state index in [4.69, 9.17) is 0 Å². The average Bonchev–Trinajstić information content (AvgIpc) is 2.26. The summed E-state index contributed by atoms with van der Waals surface area (Å²) in [5, 5.41) is 0.